The van der Waals surface area contributed by atoms with Crippen LogP contribution in [0.2, 0.25) is 0 Å². The number of esters is 1. The van der Waals surface area contributed by atoms with Crippen molar-refractivity contribution in [2.75, 3.05) is 20.8 Å². The van der Waals surface area contributed by atoms with Gasteiger partial charge in [-0.15, -0.1) is 0 Å². The van der Waals surface area contributed by atoms with Crippen LogP contribution in [0.1, 0.15) is 41.5 Å². The summed E-state index contributed by atoms with van der Waals surface area (Å²) in [5.41, 5.74) is -0.701. The molecule has 0 radical (unpaired) electrons. The van der Waals surface area contributed by atoms with Crippen molar-refractivity contribution >= 4 is 5.97 Å². The Morgan fingerprint density at radius 2 is 1.84 bits per heavy atom. The fourth-order valence-electron chi connectivity index (χ4n) is 3.31. The van der Waals surface area contributed by atoms with Gasteiger partial charge in [-0.3, -0.25) is 4.79 Å². The molecule has 0 aromatic heterocycles. The van der Waals surface area contributed by atoms with Gasteiger partial charge < -0.3 is 29.2 Å². The monoisotopic (exact) mass is 362 g/mol. The van der Waals surface area contributed by atoms with Crippen LogP contribution in [0.4, 0.5) is 0 Å². The highest BCUT2D eigenvalue weighted by Gasteiger charge is 2.58. The van der Waals surface area contributed by atoms with Crippen molar-refractivity contribution in [2.45, 2.75) is 71.2 Å². The lowest BCUT2D eigenvalue weighted by molar-refractivity contribution is -0.363. The first-order chi connectivity index (χ1) is 11.4. The highest BCUT2D eigenvalue weighted by molar-refractivity contribution is 5.73. The first-order valence-corrected chi connectivity index (χ1v) is 8.71. The van der Waals surface area contributed by atoms with E-state index in [4.69, 9.17) is 18.9 Å². The molecule has 0 bridgehead atoms. The maximum Gasteiger partial charge on any atom is 0.314 e. The third-order valence-corrected chi connectivity index (χ3v) is 4.72. The first-order valence-electron chi connectivity index (χ1n) is 8.71. The summed E-state index contributed by atoms with van der Waals surface area (Å²) in [6, 6.07) is 0. The van der Waals surface area contributed by atoms with Gasteiger partial charge >= 0.3 is 5.97 Å². The Morgan fingerprint density at radius 3 is 2.28 bits per heavy atom. The number of carbonyl (C=O) groups excluding carboxylic acids is 1. The molecular formula is C18H34O7. The smallest absolute Gasteiger partial charge is 0.314 e. The van der Waals surface area contributed by atoms with Crippen molar-refractivity contribution < 1.29 is 34.0 Å². The molecule has 1 aliphatic heterocycles. The fraction of sp³-hybridized carbons (Fsp3) is 0.944. The molecule has 7 atom stereocenters. The molecule has 7 nitrogen and oxygen atoms in total. The number of aliphatic hydroxyl groups excluding tert-OH is 1. The van der Waals surface area contributed by atoms with Gasteiger partial charge in [-0.2, -0.15) is 0 Å². The average molecular weight is 362 g/mol. The number of rotatable bonds is 6. The van der Waals surface area contributed by atoms with Gasteiger partial charge in [0.2, 0.25) is 5.79 Å². The van der Waals surface area contributed by atoms with Crippen molar-refractivity contribution in [3.63, 3.8) is 0 Å². The molecule has 0 unspecified atom stereocenters. The van der Waals surface area contributed by atoms with Crippen LogP contribution in [-0.4, -0.2) is 66.7 Å². The SMILES string of the molecule is COC[C@H](C)[C@@H]1O[C@](O)([C@@H](C)C(=O)OC(C)(C)C)[C@H](OC)[C@@H](O)[C@@H]1C. The van der Waals surface area contributed by atoms with Gasteiger partial charge in [0.25, 0.3) is 0 Å². The van der Waals surface area contributed by atoms with Crippen molar-refractivity contribution in [3.05, 3.63) is 0 Å². The zero-order valence-electron chi connectivity index (χ0n) is 16.6. The predicted octanol–water partition coefficient (Wildman–Crippen LogP) is 1.35. The van der Waals surface area contributed by atoms with E-state index in [2.05, 4.69) is 0 Å². The van der Waals surface area contributed by atoms with Crippen molar-refractivity contribution in [3.8, 4) is 0 Å². The fourth-order valence-corrected chi connectivity index (χ4v) is 3.31. The molecule has 0 spiro atoms. The number of carbonyl (C=O) groups is 1. The molecule has 1 fully saturated rings. The van der Waals surface area contributed by atoms with E-state index in [-0.39, 0.29) is 11.8 Å². The van der Waals surface area contributed by atoms with Crippen LogP contribution >= 0.6 is 0 Å². The molecule has 1 rings (SSSR count). The summed E-state index contributed by atoms with van der Waals surface area (Å²) in [5.74, 6) is -4.06. The van der Waals surface area contributed by atoms with Crippen LogP contribution in [0.3, 0.4) is 0 Å². The standard InChI is InChI=1S/C18H34O7/c1-10(9-22-7)14-11(2)13(19)15(23-8)18(21,24-14)12(3)16(20)25-17(4,5)6/h10-15,19,21H,9H2,1-8H3/t10-,11-,12-,13-,14-,15+,18+/m0/s1. The molecular weight excluding hydrogens is 328 g/mol. The number of ether oxygens (including phenoxy) is 4. The summed E-state index contributed by atoms with van der Waals surface area (Å²) >= 11 is 0. The molecule has 25 heavy (non-hydrogen) atoms. The van der Waals surface area contributed by atoms with E-state index >= 15 is 0 Å². The number of methoxy groups -OCH3 is 2. The van der Waals surface area contributed by atoms with Gasteiger partial charge in [0.1, 0.15) is 17.6 Å². The van der Waals surface area contributed by atoms with Crippen molar-refractivity contribution in [1.29, 1.82) is 0 Å². The predicted molar refractivity (Wildman–Crippen MR) is 91.8 cm³/mol. The summed E-state index contributed by atoms with van der Waals surface area (Å²) in [6.45, 7) is 10.9. The zero-order valence-corrected chi connectivity index (χ0v) is 16.6. The van der Waals surface area contributed by atoms with E-state index in [1.54, 1.807) is 27.9 Å². The van der Waals surface area contributed by atoms with Crippen LogP contribution in [0.15, 0.2) is 0 Å². The van der Waals surface area contributed by atoms with E-state index in [1.807, 2.05) is 13.8 Å². The van der Waals surface area contributed by atoms with Crippen molar-refractivity contribution in [1.82, 2.24) is 0 Å². The molecule has 0 aliphatic carbocycles. The normalized spacial score (nSPS) is 35.9. The Bertz CT molecular complexity index is 447. The topological polar surface area (TPSA) is 94.5 Å². The number of hydrogen-bond donors (Lipinski definition) is 2. The van der Waals surface area contributed by atoms with Gasteiger partial charge in [0.05, 0.1) is 18.8 Å². The highest BCUT2D eigenvalue weighted by atomic mass is 16.7. The Hall–Kier alpha value is -0.730. The minimum Gasteiger partial charge on any atom is -0.460 e. The second-order valence-electron chi connectivity index (χ2n) is 8.03. The molecule has 1 saturated heterocycles. The molecule has 1 aliphatic rings. The largest absolute Gasteiger partial charge is 0.460 e. The molecule has 2 N–H and O–H groups in total. The Balaban J connectivity index is 3.15. The molecule has 148 valence electrons. The summed E-state index contributed by atoms with van der Waals surface area (Å²) in [4.78, 5) is 12.5. The maximum atomic E-state index is 12.5. The summed E-state index contributed by atoms with van der Waals surface area (Å²) < 4.78 is 21.8. The summed E-state index contributed by atoms with van der Waals surface area (Å²) in [7, 11) is 2.95. The van der Waals surface area contributed by atoms with Gasteiger partial charge in [0.15, 0.2) is 0 Å². The summed E-state index contributed by atoms with van der Waals surface area (Å²) in [5, 5.41) is 21.9. The van der Waals surface area contributed by atoms with Crippen LogP contribution in [0, 0.1) is 17.8 Å². The van der Waals surface area contributed by atoms with Crippen LogP contribution < -0.4 is 0 Å². The average Bonchev–Trinajstić information content (AvgIpc) is 2.49. The van der Waals surface area contributed by atoms with Crippen LogP contribution in [-0.2, 0) is 23.7 Å². The number of aliphatic hydroxyl groups is 2. The quantitative estimate of drug-likeness (QED) is 0.689. The Kier molecular flexibility index (Phi) is 7.41. The Labute approximate surface area is 150 Å². The van der Waals surface area contributed by atoms with E-state index in [1.165, 1.54) is 14.0 Å². The lowest BCUT2D eigenvalue weighted by Gasteiger charge is -2.51. The minimum atomic E-state index is -2.00. The van der Waals surface area contributed by atoms with Crippen molar-refractivity contribution in [2.24, 2.45) is 17.8 Å². The molecule has 0 aromatic carbocycles. The second-order valence-corrected chi connectivity index (χ2v) is 8.03. The third-order valence-electron chi connectivity index (χ3n) is 4.72. The minimum absolute atomic E-state index is 0.0928. The number of hydrogen-bond acceptors (Lipinski definition) is 7. The molecule has 1 heterocycles. The summed E-state index contributed by atoms with van der Waals surface area (Å²) in [6.07, 6.45) is -2.58. The van der Waals surface area contributed by atoms with Gasteiger partial charge in [-0.1, -0.05) is 13.8 Å². The molecule has 7 heteroatoms. The lowest BCUT2D eigenvalue weighted by atomic mass is 9.78. The third kappa shape index (κ3) is 4.92. The Morgan fingerprint density at radius 1 is 1.28 bits per heavy atom. The second kappa shape index (κ2) is 8.31. The maximum absolute atomic E-state index is 12.5. The molecule has 0 saturated carbocycles. The first kappa shape index (κ1) is 22.3. The van der Waals surface area contributed by atoms with Crippen LogP contribution in [0.25, 0.3) is 0 Å². The van der Waals surface area contributed by atoms with Gasteiger partial charge in [-0.05, 0) is 27.7 Å². The molecule has 0 aromatic rings. The van der Waals surface area contributed by atoms with E-state index in [9.17, 15) is 15.0 Å². The zero-order chi connectivity index (χ0) is 19.6. The lowest BCUT2D eigenvalue weighted by Crippen LogP contribution is -2.67. The van der Waals surface area contributed by atoms with E-state index in [0.29, 0.717) is 6.61 Å². The highest BCUT2D eigenvalue weighted by Crippen LogP contribution is 2.41. The molecule has 0 amide bonds. The van der Waals surface area contributed by atoms with E-state index in [0.717, 1.165) is 0 Å². The van der Waals surface area contributed by atoms with E-state index < -0.39 is 41.6 Å². The van der Waals surface area contributed by atoms with Gasteiger partial charge in [0, 0.05) is 26.1 Å². The van der Waals surface area contributed by atoms with Crippen LogP contribution in [0.5, 0.6) is 0 Å². The van der Waals surface area contributed by atoms with Gasteiger partial charge in [-0.25, -0.2) is 0 Å².